The number of rotatable bonds is 3. The zero-order valence-corrected chi connectivity index (χ0v) is 5.15. The first-order valence-electron chi connectivity index (χ1n) is 2.75. The summed E-state index contributed by atoms with van der Waals surface area (Å²) in [5, 5.41) is 6.80. The van der Waals surface area contributed by atoms with Crippen molar-refractivity contribution in [2.24, 2.45) is 5.73 Å². The fourth-order valence-corrected chi connectivity index (χ4v) is 0.377. The molecule has 0 amide bonds. The molecule has 0 spiro atoms. The van der Waals surface area contributed by atoms with E-state index in [1.165, 1.54) is 0 Å². The number of nitrogens with one attached hydrogen (secondary N) is 1. The Balaban J connectivity index is 3.16. The molecule has 0 rings (SSSR count). The molecule has 46 valence electrons. The van der Waals surface area contributed by atoms with E-state index < -0.39 is 0 Å². The van der Waals surface area contributed by atoms with Crippen LogP contribution in [0.4, 0.5) is 0 Å². The molecule has 0 bridgehead atoms. The Morgan fingerprint density at radius 1 is 1.62 bits per heavy atom. The Morgan fingerprint density at radius 3 is 2.62 bits per heavy atom. The Kier molecular flexibility index (Phi) is 3.94. The third kappa shape index (κ3) is 5.21. The molecule has 0 aliphatic rings. The SMILES string of the molecule is CCC=CCC(=N)N. The standard InChI is InChI=1S/C6H12N2/c1-2-3-4-5-6(7)8/h3-4H,2,5H2,1H3,(H3,7,8). The average molecular weight is 112 g/mol. The molecule has 8 heavy (non-hydrogen) atoms. The van der Waals surface area contributed by atoms with Gasteiger partial charge in [0, 0.05) is 6.42 Å². The number of hydrogen-bond donors (Lipinski definition) is 2. The predicted octanol–water partition coefficient (Wildman–Crippen LogP) is 1.28. The van der Waals surface area contributed by atoms with E-state index in [9.17, 15) is 0 Å². The van der Waals surface area contributed by atoms with Gasteiger partial charge in [0.2, 0.25) is 0 Å². The van der Waals surface area contributed by atoms with Crippen molar-refractivity contribution in [2.75, 3.05) is 0 Å². The smallest absolute Gasteiger partial charge is 0.0943 e. The van der Waals surface area contributed by atoms with Gasteiger partial charge in [-0.1, -0.05) is 19.1 Å². The topological polar surface area (TPSA) is 49.9 Å². The summed E-state index contributed by atoms with van der Waals surface area (Å²) in [5.41, 5.74) is 5.07. The summed E-state index contributed by atoms with van der Waals surface area (Å²) >= 11 is 0. The molecule has 0 aromatic heterocycles. The van der Waals surface area contributed by atoms with E-state index >= 15 is 0 Å². The van der Waals surface area contributed by atoms with E-state index in [0.29, 0.717) is 6.42 Å². The van der Waals surface area contributed by atoms with Crippen LogP contribution in [0.15, 0.2) is 12.2 Å². The molecule has 0 heterocycles. The Morgan fingerprint density at radius 2 is 2.25 bits per heavy atom. The van der Waals surface area contributed by atoms with Gasteiger partial charge in [-0.05, 0) is 6.42 Å². The van der Waals surface area contributed by atoms with Gasteiger partial charge in [0.1, 0.15) is 0 Å². The fourth-order valence-electron chi connectivity index (χ4n) is 0.377. The third-order valence-corrected chi connectivity index (χ3v) is 0.740. The number of hydrogen-bond acceptors (Lipinski definition) is 1. The molecule has 0 saturated carbocycles. The van der Waals surface area contributed by atoms with Gasteiger partial charge in [-0.15, -0.1) is 0 Å². The lowest BCUT2D eigenvalue weighted by Gasteiger charge is -1.85. The van der Waals surface area contributed by atoms with E-state index in [4.69, 9.17) is 11.1 Å². The molecule has 0 aromatic carbocycles. The summed E-state index contributed by atoms with van der Waals surface area (Å²) in [6.07, 6.45) is 5.52. The normalized spacial score (nSPS) is 10.1. The van der Waals surface area contributed by atoms with Crippen LogP contribution in [0.1, 0.15) is 19.8 Å². The average Bonchev–Trinajstić information content (AvgIpc) is 1.66. The first-order valence-corrected chi connectivity index (χ1v) is 2.75. The van der Waals surface area contributed by atoms with Crippen molar-refractivity contribution in [1.82, 2.24) is 0 Å². The minimum Gasteiger partial charge on any atom is -0.387 e. The predicted molar refractivity (Wildman–Crippen MR) is 36.0 cm³/mol. The quantitative estimate of drug-likeness (QED) is 0.322. The Hall–Kier alpha value is -0.790. The lowest BCUT2D eigenvalue weighted by Crippen LogP contribution is -2.06. The van der Waals surface area contributed by atoms with Crippen LogP contribution in [0.5, 0.6) is 0 Å². The van der Waals surface area contributed by atoms with Crippen LogP contribution in [0, 0.1) is 5.41 Å². The summed E-state index contributed by atoms with van der Waals surface area (Å²) in [6.45, 7) is 2.05. The van der Waals surface area contributed by atoms with Gasteiger partial charge in [0.25, 0.3) is 0 Å². The van der Waals surface area contributed by atoms with E-state index in [1.807, 2.05) is 12.2 Å². The van der Waals surface area contributed by atoms with Crippen LogP contribution in [0.25, 0.3) is 0 Å². The largest absolute Gasteiger partial charge is 0.387 e. The van der Waals surface area contributed by atoms with Crippen LogP contribution in [-0.4, -0.2) is 5.84 Å². The van der Waals surface area contributed by atoms with Crippen molar-refractivity contribution in [1.29, 1.82) is 5.41 Å². The molecule has 3 N–H and O–H groups in total. The van der Waals surface area contributed by atoms with Crippen molar-refractivity contribution in [3.63, 3.8) is 0 Å². The van der Waals surface area contributed by atoms with E-state index in [0.717, 1.165) is 6.42 Å². The van der Waals surface area contributed by atoms with Crippen molar-refractivity contribution >= 4 is 5.84 Å². The van der Waals surface area contributed by atoms with Crippen LogP contribution >= 0.6 is 0 Å². The molecule has 0 unspecified atom stereocenters. The second kappa shape index (κ2) is 4.37. The zero-order chi connectivity index (χ0) is 6.41. The van der Waals surface area contributed by atoms with E-state index in [1.54, 1.807) is 0 Å². The Bertz CT molecular complexity index is 94.7. The van der Waals surface area contributed by atoms with Crippen LogP contribution in [0.2, 0.25) is 0 Å². The molecule has 0 fully saturated rings. The van der Waals surface area contributed by atoms with Gasteiger partial charge in [-0.25, -0.2) is 0 Å². The second-order valence-corrected chi connectivity index (χ2v) is 1.61. The number of nitrogens with two attached hydrogens (primary N) is 1. The fraction of sp³-hybridized carbons (Fsp3) is 0.500. The second-order valence-electron chi connectivity index (χ2n) is 1.61. The summed E-state index contributed by atoms with van der Waals surface area (Å²) in [6, 6.07) is 0. The maximum absolute atomic E-state index is 6.80. The monoisotopic (exact) mass is 112 g/mol. The summed E-state index contributed by atoms with van der Waals surface area (Å²) in [7, 11) is 0. The first-order chi connectivity index (χ1) is 3.77. The van der Waals surface area contributed by atoms with E-state index in [2.05, 4.69) is 6.92 Å². The highest BCUT2D eigenvalue weighted by molar-refractivity contribution is 5.78. The van der Waals surface area contributed by atoms with Gasteiger partial charge >= 0.3 is 0 Å². The summed E-state index contributed by atoms with van der Waals surface area (Å²) in [5.74, 6) is 0.231. The maximum atomic E-state index is 6.80. The molecular weight excluding hydrogens is 100 g/mol. The van der Waals surface area contributed by atoms with Crippen LogP contribution < -0.4 is 5.73 Å². The van der Waals surface area contributed by atoms with Gasteiger partial charge < -0.3 is 5.73 Å². The van der Waals surface area contributed by atoms with Gasteiger partial charge in [-0.3, -0.25) is 5.41 Å². The van der Waals surface area contributed by atoms with E-state index in [-0.39, 0.29) is 5.84 Å². The van der Waals surface area contributed by atoms with Crippen molar-refractivity contribution in [2.45, 2.75) is 19.8 Å². The lowest BCUT2D eigenvalue weighted by molar-refractivity contribution is 1.20. The summed E-state index contributed by atoms with van der Waals surface area (Å²) < 4.78 is 0. The van der Waals surface area contributed by atoms with Gasteiger partial charge in [0.05, 0.1) is 5.84 Å². The maximum Gasteiger partial charge on any atom is 0.0943 e. The zero-order valence-electron chi connectivity index (χ0n) is 5.15. The minimum absolute atomic E-state index is 0.231. The molecule has 0 radical (unpaired) electrons. The molecule has 0 aliphatic heterocycles. The molecular formula is C6H12N2. The van der Waals surface area contributed by atoms with Crippen molar-refractivity contribution < 1.29 is 0 Å². The minimum atomic E-state index is 0.231. The molecule has 0 aliphatic carbocycles. The molecule has 2 nitrogen and oxygen atoms in total. The highest BCUT2D eigenvalue weighted by atomic mass is 14.7. The molecule has 2 heteroatoms. The lowest BCUT2D eigenvalue weighted by atomic mass is 10.3. The highest BCUT2D eigenvalue weighted by Gasteiger charge is 1.78. The van der Waals surface area contributed by atoms with Gasteiger partial charge in [-0.2, -0.15) is 0 Å². The Labute approximate surface area is 49.9 Å². The first kappa shape index (κ1) is 7.21. The summed E-state index contributed by atoms with van der Waals surface area (Å²) in [4.78, 5) is 0. The number of allylic oxidation sites excluding steroid dienone is 1. The van der Waals surface area contributed by atoms with Gasteiger partial charge in [0.15, 0.2) is 0 Å². The van der Waals surface area contributed by atoms with Crippen LogP contribution in [0.3, 0.4) is 0 Å². The molecule has 0 saturated heterocycles. The molecule has 0 atom stereocenters. The van der Waals surface area contributed by atoms with Crippen molar-refractivity contribution in [3.8, 4) is 0 Å². The third-order valence-electron chi connectivity index (χ3n) is 0.740. The number of amidine groups is 1. The highest BCUT2D eigenvalue weighted by Crippen LogP contribution is 1.83. The van der Waals surface area contributed by atoms with Crippen LogP contribution in [-0.2, 0) is 0 Å². The molecule has 0 aromatic rings. The van der Waals surface area contributed by atoms with Crippen molar-refractivity contribution in [3.05, 3.63) is 12.2 Å².